The molecule has 0 fully saturated rings. The third-order valence-corrected chi connectivity index (χ3v) is 2.45. The van der Waals surface area contributed by atoms with Crippen LogP contribution in [0.15, 0.2) is 30.8 Å². The monoisotopic (exact) mass is 204 g/mol. The summed E-state index contributed by atoms with van der Waals surface area (Å²) in [5.41, 5.74) is 2.44. The van der Waals surface area contributed by atoms with E-state index in [0.717, 1.165) is 13.1 Å². The molecule has 1 rings (SSSR count). The number of anilines is 1. The normalized spacial score (nSPS) is 10.4. The summed E-state index contributed by atoms with van der Waals surface area (Å²) in [5, 5.41) is 0. The van der Waals surface area contributed by atoms with Crippen molar-refractivity contribution in [2.75, 3.05) is 39.1 Å². The van der Waals surface area contributed by atoms with Gasteiger partial charge in [-0.15, -0.1) is 0 Å². The fourth-order valence-electron chi connectivity index (χ4n) is 1.48. The molecule has 0 heterocycles. The van der Waals surface area contributed by atoms with Crippen molar-refractivity contribution in [1.82, 2.24) is 4.90 Å². The fourth-order valence-corrected chi connectivity index (χ4v) is 1.48. The van der Waals surface area contributed by atoms with Gasteiger partial charge in [0.1, 0.15) is 0 Å². The number of likely N-dealkylation sites (N-methyl/N-ethyl adjacent to an activating group) is 2. The van der Waals surface area contributed by atoms with Gasteiger partial charge in [-0.1, -0.05) is 30.9 Å². The number of nitrogens with zero attached hydrogens (tertiary/aromatic N) is 2. The van der Waals surface area contributed by atoms with E-state index < -0.39 is 0 Å². The first kappa shape index (κ1) is 11.8. The van der Waals surface area contributed by atoms with E-state index in [1.165, 1.54) is 11.3 Å². The lowest BCUT2D eigenvalue weighted by Gasteiger charge is -2.23. The lowest BCUT2D eigenvalue weighted by atomic mass is 10.1. The highest BCUT2D eigenvalue weighted by molar-refractivity contribution is 5.66. The zero-order chi connectivity index (χ0) is 11.3. The minimum atomic E-state index is 1.03. The van der Waals surface area contributed by atoms with Gasteiger partial charge in [0.25, 0.3) is 0 Å². The summed E-state index contributed by atoms with van der Waals surface area (Å²) in [6.07, 6.45) is 1.90. The van der Waals surface area contributed by atoms with Gasteiger partial charge < -0.3 is 9.80 Å². The van der Waals surface area contributed by atoms with Gasteiger partial charge >= 0.3 is 0 Å². The second-order valence-corrected chi connectivity index (χ2v) is 3.99. The maximum Gasteiger partial charge on any atom is 0.0437 e. The van der Waals surface area contributed by atoms with Crippen LogP contribution >= 0.6 is 0 Å². The average molecular weight is 204 g/mol. The third kappa shape index (κ3) is 3.40. The Morgan fingerprint density at radius 2 is 1.80 bits per heavy atom. The lowest BCUT2D eigenvalue weighted by Crippen LogP contribution is -2.28. The molecule has 1 aromatic rings. The summed E-state index contributed by atoms with van der Waals surface area (Å²) in [7, 11) is 6.30. The smallest absolute Gasteiger partial charge is 0.0437 e. The third-order valence-electron chi connectivity index (χ3n) is 2.45. The van der Waals surface area contributed by atoms with E-state index in [9.17, 15) is 0 Å². The van der Waals surface area contributed by atoms with E-state index in [4.69, 9.17) is 0 Å². The Morgan fingerprint density at radius 3 is 2.40 bits per heavy atom. The van der Waals surface area contributed by atoms with Crippen LogP contribution in [0.1, 0.15) is 5.56 Å². The molecule has 0 saturated carbocycles. The molecular weight excluding hydrogens is 184 g/mol. The van der Waals surface area contributed by atoms with Gasteiger partial charge in [0.05, 0.1) is 0 Å². The summed E-state index contributed by atoms with van der Waals surface area (Å²) < 4.78 is 0. The average Bonchev–Trinajstić information content (AvgIpc) is 2.25. The van der Waals surface area contributed by atoms with E-state index >= 15 is 0 Å². The first-order valence-electron chi connectivity index (χ1n) is 5.22. The van der Waals surface area contributed by atoms with Gasteiger partial charge in [-0.3, -0.25) is 0 Å². The molecule has 0 spiro atoms. The summed E-state index contributed by atoms with van der Waals surface area (Å²) >= 11 is 0. The SMILES string of the molecule is C=Cc1ccccc1N(C)CCN(C)C. The minimum absolute atomic E-state index is 1.03. The first-order valence-corrected chi connectivity index (χ1v) is 5.22. The highest BCUT2D eigenvalue weighted by atomic mass is 15.2. The molecule has 0 aliphatic rings. The Hall–Kier alpha value is -1.28. The molecule has 0 saturated heterocycles. The molecule has 0 aromatic heterocycles. The van der Waals surface area contributed by atoms with Gasteiger partial charge in [0, 0.05) is 25.8 Å². The predicted octanol–water partition coefficient (Wildman–Crippen LogP) is 2.33. The van der Waals surface area contributed by atoms with Crippen LogP contribution in [-0.4, -0.2) is 39.1 Å². The van der Waals surface area contributed by atoms with Crippen LogP contribution in [0.25, 0.3) is 6.08 Å². The Kier molecular flexibility index (Phi) is 4.37. The Morgan fingerprint density at radius 1 is 1.13 bits per heavy atom. The number of hydrogen-bond acceptors (Lipinski definition) is 2. The van der Waals surface area contributed by atoms with Crippen molar-refractivity contribution < 1.29 is 0 Å². The molecule has 0 bridgehead atoms. The van der Waals surface area contributed by atoms with Crippen molar-refractivity contribution in [3.63, 3.8) is 0 Å². The molecule has 2 heteroatoms. The van der Waals surface area contributed by atoms with Crippen LogP contribution in [0, 0.1) is 0 Å². The van der Waals surface area contributed by atoms with Crippen LogP contribution in [0.2, 0.25) is 0 Å². The number of benzene rings is 1. The second kappa shape index (κ2) is 5.56. The quantitative estimate of drug-likeness (QED) is 0.726. The highest BCUT2D eigenvalue weighted by Crippen LogP contribution is 2.19. The van der Waals surface area contributed by atoms with Crippen LogP contribution in [0.5, 0.6) is 0 Å². The summed E-state index contributed by atoms with van der Waals surface area (Å²) in [6.45, 7) is 5.92. The van der Waals surface area contributed by atoms with Gasteiger partial charge in [-0.05, 0) is 25.7 Å². The summed E-state index contributed by atoms with van der Waals surface area (Å²) in [5.74, 6) is 0. The molecular formula is C13H20N2. The molecule has 0 unspecified atom stereocenters. The van der Waals surface area contributed by atoms with Crippen molar-refractivity contribution in [2.24, 2.45) is 0 Å². The lowest BCUT2D eigenvalue weighted by molar-refractivity contribution is 0.416. The van der Waals surface area contributed by atoms with Crippen LogP contribution in [-0.2, 0) is 0 Å². The Balaban J connectivity index is 2.72. The maximum atomic E-state index is 3.83. The molecule has 2 nitrogen and oxygen atoms in total. The van der Waals surface area contributed by atoms with E-state index in [-0.39, 0.29) is 0 Å². The molecule has 82 valence electrons. The molecule has 0 aliphatic carbocycles. The first-order chi connectivity index (χ1) is 7.15. The number of rotatable bonds is 5. The van der Waals surface area contributed by atoms with Crippen LogP contribution < -0.4 is 4.90 Å². The van der Waals surface area contributed by atoms with Crippen molar-refractivity contribution >= 4 is 11.8 Å². The standard InChI is InChI=1S/C13H20N2/c1-5-12-8-6-7-9-13(12)15(4)11-10-14(2)3/h5-9H,1,10-11H2,2-4H3. The molecule has 0 aliphatic heterocycles. The van der Waals surface area contributed by atoms with Crippen molar-refractivity contribution in [1.29, 1.82) is 0 Å². The predicted molar refractivity (Wildman–Crippen MR) is 68.4 cm³/mol. The Bertz CT molecular complexity index is 318. The van der Waals surface area contributed by atoms with Gasteiger partial charge in [-0.2, -0.15) is 0 Å². The van der Waals surface area contributed by atoms with E-state index in [1.54, 1.807) is 0 Å². The molecule has 1 aromatic carbocycles. The zero-order valence-electron chi connectivity index (χ0n) is 9.90. The molecule has 15 heavy (non-hydrogen) atoms. The molecule has 0 atom stereocenters. The molecule has 0 radical (unpaired) electrons. The number of para-hydroxylation sites is 1. The van der Waals surface area contributed by atoms with Crippen LogP contribution in [0.3, 0.4) is 0 Å². The van der Waals surface area contributed by atoms with Crippen molar-refractivity contribution in [3.8, 4) is 0 Å². The second-order valence-electron chi connectivity index (χ2n) is 3.99. The van der Waals surface area contributed by atoms with Crippen molar-refractivity contribution in [3.05, 3.63) is 36.4 Å². The number of hydrogen-bond donors (Lipinski definition) is 0. The largest absolute Gasteiger partial charge is 0.373 e. The van der Waals surface area contributed by atoms with Crippen molar-refractivity contribution in [2.45, 2.75) is 0 Å². The topological polar surface area (TPSA) is 6.48 Å². The Labute approximate surface area is 92.8 Å². The van der Waals surface area contributed by atoms with Gasteiger partial charge in [0.2, 0.25) is 0 Å². The van der Waals surface area contributed by atoms with E-state index in [2.05, 4.69) is 55.7 Å². The van der Waals surface area contributed by atoms with E-state index in [0.29, 0.717) is 0 Å². The van der Waals surface area contributed by atoms with Crippen LogP contribution in [0.4, 0.5) is 5.69 Å². The summed E-state index contributed by atoms with van der Waals surface area (Å²) in [6, 6.07) is 8.33. The fraction of sp³-hybridized carbons (Fsp3) is 0.385. The minimum Gasteiger partial charge on any atom is -0.373 e. The maximum absolute atomic E-state index is 3.83. The van der Waals surface area contributed by atoms with Gasteiger partial charge in [-0.25, -0.2) is 0 Å². The highest BCUT2D eigenvalue weighted by Gasteiger charge is 2.04. The van der Waals surface area contributed by atoms with Gasteiger partial charge in [0.15, 0.2) is 0 Å². The van der Waals surface area contributed by atoms with E-state index in [1.807, 2.05) is 12.1 Å². The zero-order valence-corrected chi connectivity index (χ0v) is 9.90. The molecule has 0 amide bonds. The summed E-state index contributed by atoms with van der Waals surface area (Å²) in [4.78, 5) is 4.45. The molecule has 0 N–H and O–H groups in total.